The molecular weight excluding hydrogens is 384 g/mol. The van der Waals surface area contributed by atoms with Crippen molar-refractivity contribution in [3.63, 3.8) is 0 Å². The van der Waals surface area contributed by atoms with Gasteiger partial charge in [-0.3, -0.25) is 0 Å². The van der Waals surface area contributed by atoms with Crippen molar-refractivity contribution in [2.45, 2.75) is 58.5 Å². The monoisotopic (exact) mass is 414 g/mol. The third-order valence-corrected chi connectivity index (χ3v) is 5.42. The number of esters is 2. The van der Waals surface area contributed by atoms with E-state index in [2.05, 4.69) is 0 Å². The van der Waals surface area contributed by atoms with Gasteiger partial charge in [-0.1, -0.05) is 63.1 Å². The molecule has 0 amide bonds. The summed E-state index contributed by atoms with van der Waals surface area (Å²) in [6.45, 7) is 5.25. The van der Waals surface area contributed by atoms with Gasteiger partial charge in [0.2, 0.25) is 0 Å². The van der Waals surface area contributed by atoms with Crippen molar-refractivity contribution in [2.24, 2.45) is 5.41 Å². The van der Waals surface area contributed by atoms with Crippen molar-refractivity contribution in [1.82, 2.24) is 0 Å². The molecule has 30 heavy (non-hydrogen) atoms. The number of ether oxygens (including phenoxy) is 2. The van der Waals surface area contributed by atoms with Crippen molar-refractivity contribution in [1.29, 1.82) is 0 Å². The van der Waals surface area contributed by atoms with Gasteiger partial charge < -0.3 is 19.7 Å². The lowest BCUT2D eigenvalue weighted by molar-refractivity contribution is -0.189. The molecule has 6 heteroatoms. The van der Waals surface area contributed by atoms with Gasteiger partial charge in [-0.2, -0.15) is 0 Å². The molecule has 0 heterocycles. The first-order valence-corrected chi connectivity index (χ1v) is 10.2. The molecule has 0 bridgehead atoms. The number of hydrogen-bond donors (Lipinski definition) is 2. The van der Waals surface area contributed by atoms with Crippen LogP contribution in [0.15, 0.2) is 60.7 Å². The zero-order valence-corrected chi connectivity index (χ0v) is 17.7. The van der Waals surface area contributed by atoms with E-state index in [1.807, 2.05) is 6.92 Å². The minimum Gasteiger partial charge on any atom is -0.419 e. The van der Waals surface area contributed by atoms with Crippen LogP contribution in [0.4, 0.5) is 0 Å². The minimum atomic E-state index is -1.58. The molecule has 0 aromatic heterocycles. The summed E-state index contributed by atoms with van der Waals surface area (Å²) in [5.41, 5.74) is -0.523. The second-order valence-electron chi connectivity index (χ2n) is 7.64. The van der Waals surface area contributed by atoms with Gasteiger partial charge in [0.15, 0.2) is 0 Å². The van der Waals surface area contributed by atoms with Crippen LogP contribution < -0.4 is 0 Å². The van der Waals surface area contributed by atoms with E-state index in [1.54, 1.807) is 74.5 Å². The minimum absolute atomic E-state index is 0.262. The van der Waals surface area contributed by atoms with Crippen molar-refractivity contribution in [3.8, 4) is 0 Å². The molecule has 0 fully saturated rings. The van der Waals surface area contributed by atoms with Crippen LogP contribution in [0.1, 0.15) is 60.7 Å². The van der Waals surface area contributed by atoms with Crippen LogP contribution in [-0.2, 0) is 9.47 Å². The smallest absolute Gasteiger partial charge is 0.341 e. The number of aliphatic hydroxyl groups is 2. The first-order valence-electron chi connectivity index (χ1n) is 10.2. The van der Waals surface area contributed by atoms with E-state index in [1.165, 1.54) is 0 Å². The van der Waals surface area contributed by atoms with Gasteiger partial charge in [-0.25, -0.2) is 9.59 Å². The second-order valence-corrected chi connectivity index (χ2v) is 7.64. The van der Waals surface area contributed by atoms with Crippen molar-refractivity contribution in [2.75, 3.05) is 0 Å². The lowest BCUT2D eigenvalue weighted by atomic mass is 9.75. The standard InChI is InChI=1S/C24H30O6/c1-4-5-16-24(3,17(2)25)20(26)23(29-21(27)18-12-8-6-9-13-18)30-22(28)19-14-10-7-11-15-19/h6-15,17,20,23,25-26H,4-5,16H2,1-3H3. The van der Waals surface area contributed by atoms with Crippen molar-refractivity contribution < 1.29 is 29.3 Å². The molecule has 162 valence electrons. The molecule has 0 aliphatic rings. The van der Waals surface area contributed by atoms with Gasteiger partial charge in [0.25, 0.3) is 6.29 Å². The van der Waals surface area contributed by atoms with Gasteiger partial charge in [-0.15, -0.1) is 0 Å². The molecule has 0 saturated carbocycles. The van der Waals surface area contributed by atoms with Gasteiger partial charge in [-0.05, 0) is 37.6 Å². The Morgan fingerprint density at radius 3 is 1.70 bits per heavy atom. The van der Waals surface area contributed by atoms with E-state index in [0.29, 0.717) is 6.42 Å². The maximum atomic E-state index is 12.6. The zero-order chi connectivity index (χ0) is 22.1. The highest BCUT2D eigenvalue weighted by Gasteiger charge is 2.45. The van der Waals surface area contributed by atoms with Crippen molar-refractivity contribution >= 4 is 11.9 Å². The van der Waals surface area contributed by atoms with Crippen LogP contribution in [-0.4, -0.2) is 40.6 Å². The fourth-order valence-corrected chi connectivity index (χ4v) is 3.12. The average Bonchev–Trinajstić information content (AvgIpc) is 2.77. The number of unbranched alkanes of at least 4 members (excludes halogenated alkanes) is 1. The Labute approximate surface area is 177 Å². The molecule has 0 radical (unpaired) electrons. The molecule has 6 nitrogen and oxygen atoms in total. The maximum Gasteiger partial charge on any atom is 0.341 e. The first kappa shape index (κ1) is 23.6. The summed E-state index contributed by atoms with van der Waals surface area (Å²) in [6.07, 6.45) is -1.87. The Balaban J connectivity index is 2.31. The third kappa shape index (κ3) is 5.90. The molecule has 0 aliphatic carbocycles. The zero-order valence-electron chi connectivity index (χ0n) is 17.7. The summed E-state index contributed by atoms with van der Waals surface area (Å²) in [4.78, 5) is 25.2. The summed E-state index contributed by atoms with van der Waals surface area (Å²) >= 11 is 0. The lowest BCUT2D eigenvalue weighted by Gasteiger charge is -2.39. The van der Waals surface area contributed by atoms with Crippen LogP contribution in [0.25, 0.3) is 0 Å². The van der Waals surface area contributed by atoms with Crippen LogP contribution in [0.3, 0.4) is 0 Å². The van der Waals surface area contributed by atoms with Gasteiger partial charge >= 0.3 is 11.9 Å². The summed E-state index contributed by atoms with van der Waals surface area (Å²) < 4.78 is 10.8. The predicted octanol–water partition coefficient (Wildman–Crippen LogP) is 3.96. The molecule has 0 spiro atoms. The van der Waals surface area contributed by atoms with Gasteiger partial charge in [0.1, 0.15) is 6.10 Å². The first-order chi connectivity index (χ1) is 14.3. The third-order valence-electron chi connectivity index (χ3n) is 5.42. The largest absolute Gasteiger partial charge is 0.419 e. The molecule has 2 aromatic rings. The van der Waals surface area contributed by atoms with E-state index < -0.39 is 35.9 Å². The summed E-state index contributed by atoms with van der Waals surface area (Å²) in [6, 6.07) is 16.5. The van der Waals surface area contributed by atoms with Crippen LogP contribution in [0, 0.1) is 5.41 Å². The van der Waals surface area contributed by atoms with E-state index in [-0.39, 0.29) is 11.1 Å². The van der Waals surface area contributed by atoms with Crippen LogP contribution in [0.2, 0.25) is 0 Å². The van der Waals surface area contributed by atoms with Crippen LogP contribution in [0.5, 0.6) is 0 Å². The Hall–Kier alpha value is -2.70. The number of carbonyl (C=O) groups is 2. The fourth-order valence-electron chi connectivity index (χ4n) is 3.12. The summed E-state index contributed by atoms with van der Waals surface area (Å²) in [5.74, 6) is -1.46. The highest BCUT2D eigenvalue weighted by Crippen LogP contribution is 2.35. The number of aliphatic hydroxyl groups excluding tert-OH is 2. The molecule has 2 N–H and O–H groups in total. The van der Waals surface area contributed by atoms with E-state index in [4.69, 9.17) is 9.47 Å². The summed E-state index contributed by atoms with van der Waals surface area (Å²) in [5, 5.41) is 21.5. The molecule has 2 aromatic carbocycles. The Morgan fingerprint density at radius 1 is 0.900 bits per heavy atom. The molecule has 2 rings (SSSR count). The van der Waals surface area contributed by atoms with Gasteiger partial charge in [0.05, 0.1) is 17.2 Å². The van der Waals surface area contributed by atoms with E-state index >= 15 is 0 Å². The highest BCUT2D eigenvalue weighted by molar-refractivity contribution is 5.91. The van der Waals surface area contributed by atoms with Crippen molar-refractivity contribution in [3.05, 3.63) is 71.8 Å². The second kappa shape index (κ2) is 10.9. The average molecular weight is 414 g/mol. The number of hydrogen-bond acceptors (Lipinski definition) is 6. The molecule has 0 saturated heterocycles. The lowest BCUT2D eigenvalue weighted by Crippen LogP contribution is -2.50. The SMILES string of the molecule is CCCCC(C)(C(C)O)C(O)C(OC(=O)c1ccccc1)OC(=O)c1ccccc1. The molecular formula is C24H30O6. The molecule has 0 aliphatic heterocycles. The molecule has 3 unspecified atom stereocenters. The number of rotatable bonds is 10. The normalized spacial score (nSPS) is 15.1. The fraction of sp³-hybridized carbons (Fsp3) is 0.417. The van der Waals surface area contributed by atoms with Crippen LogP contribution >= 0.6 is 0 Å². The quantitative estimate of drug-likeness (QED) is 0.451. The topological polar surface area (TPSA) is 93.1 Å². The number of carbonyl (C=O) groups excluding carboxylic acids is 2. The number of benzene rings is 2. The van der Waals surface area contributed by atoms with E-state index in [0.717, 1.165) is 12.8 Å². The Bertz CT molecular complexity index is 751. The molecule has 3 atom stereocenters. The van der Waals surface area contributed by atoms with E-state index in [9.17, 15) is 19.8 Å². The predicted molar refractivity (Wildman–Crippen MR) is 113 cm³/mol. The highest BCUT2D eigenvalue weighted by atomic mass is 16.7. The Morgan fingerprint density at radius 2 is 1.33 bits per heavy atom. The summed E-state index contributed by atoms with van der Waals surface area (Å²) in [7, 11) is 0. The maximum absolute atomic E-state index is 12.6. The Kier molecular flexibility index (Phi) is 8.57. The van der Waals surface area contributed by atoms with Gasteiger partial charge in [0, 0.05) is 5.41 Å².